The number of ether oxygens (including phenoxy) is 1. The van der Waals surface area contributed by atoms with Crippen LogP contribution >= 0.6 is 22.8 Å². The third-order valence-electron chi connectivity index (χ3n) is 7.32. The Balaban J connectivity index is 1.93. The maximum Gasteiger partial charge on any atom is 0.339 e. The molecule has 0 amide bonds. The first-order chi connectivity index (χ1) is 21.1. The molecule has 1 fully saturated rings. The fourth-order valence-electron chi connectivity index (χ4n) is 5.24. The third kappa shape index (κ3) is 20.9. The highest BCUT2D eigenvalue weighted by molar-refractivity contribution is 7.52. The van der Waals surface area contributed by atoms with Crippen molar-refractivity contribution in [3.63, 3.8) is 0 Å². The molecule has 0 radical (unpaired) electrons. The Kier molecular flexibility index (Phi) is 18.4. The maximum atomic E-state index is 11.8. The number of unbranched alkanes of at least 4 members (excludes halogenated alkanes) is 3. The Morgan fingerprint density at radius 3 is 1.64 bits per heavy atom. The van der Waals surface area contributed by atoms with Gasteiger partial charge in [-0.15, -0.1) is 0 Å². The average Bonchev–Trinajstić information content (AvgIpc) is 2.92. The summed E-state index contributed by atoms with van der Waals surface area (Å²) in [6.45, 7) is 8.56. The van der Waals surface area contributed by atoms with E-state index in [1.54, 1.807) is 20.8 Å². The lowest BCUT2D eigenvalue weighted by Crippen LogP contribution is -2.42. The molecule has 45 heavy (non-hydrogen) atoms. The largest absolute Gasteiger partial charge is 0.375 e. The topological polar surface area (TPSA) is 208 Å². The predicted octanol–water partition coefficient (Wildman–Crippen LogP) is 2.21. The molecular formula is C27H52N5O10P3. The van der Waals surface area contributed by atoms with Crippen LogP contribution in [0.5, 0.6) is 0 Å². The summed E-state index contributed by atoms with van der Waals surface area (Å²) < 4.78 is 41.1. The Bertz CT molecular complexity index is 1150. The van der Waals surface area contributed by atoms with Gasteiger partial charge in [0.1, 0.15) is 18.9 Å². The van der Waals surface area contributed by atoms with Gasteiger partial charge in [0, 0.05) is 52.4 Å². The van der Waals surface area contributed by atoms with Crippen molar-refractivity contribution >= 4 is 28.9 Å². The molecule has 1 saturated heterocycles. The standard InChI is InChI=1S/C27H52N5O10P3/c1-2-26-10-7-11-27(28-26)22-42-21-6-4-3-5-12-29-13-8-14-31(24-44(36,37)38)19-20-32(25-45(39,40)41)16-9-15-30(18-17-29)23-43(33,34)35/h2,7,10-11H,1,3-6,8-9,12-25H2,(H2,33,34,35)(H2,36,37,38)(H2,39,40,41). The molecule has 1 aromatic rings. The number of aromatic nitrogens is 1. The molecule has 2 heterocycles. The average molecular weight is 700 g/mol. The van der Waals surface area contributed by atoms with E-state index in [-0.39, 0.29) is 19.6 Å². The summed E-state index contributed by atoms with van der Waals surface area (Å²) in [5.41, 5.74) is 1.67. The van der Waals surface area contributed by atoms with Gasteiger partial charge in [-0.05, 0) is 57.0 Å². The molecule has 0 atom stereocenters. The van der Waals surface area contributed by atoms with Crippen LogP contribution in [0.2, 0.25) is 0 Å². The van der Waals surface area contributed by atoms with E-state index in [0.717, 1.165) is 43.6 Å². The maximum absolute atomic E-state index is 11.8. The van der Waals surface area contributed by atoms with Crippen LogP contribution in [-0.2, 0) is 25.0 Å². The van der Waals surface area contributed by atoms with Crippen LogP contribution in [-0.4, -0.2) is 138 Å². The predicted molar refractivity (Wildman–Crippen MR) is 174 cm³/mol. The van der Waals surface area contributed by atoms with Gasteiger partial charge in [0.15, 0.2) is 0 Å². The van der Waals surface area contributed by atoms with E-state index in [4.69, 9.17) is 4.74 Å². The lowest BCUT2D eigenvalue weighted by atomic mass is 10.2. The minimum atomic E-state index is -4.39. The zero-order chi connectivity index (χ0) is 33.3. The number of pyridine rings is 1. The van der Waals surface area contributed by atoms with E-state index in [9.17, 15) is 43.1 Å². The van der Waals surface area contributed by atoms with Crippen LogP contribution in [0.3, 0.4) is 0 Å². The first-order valence-corrected chi connectivity index (χ1v) is 20.7. The Morgan fingerprint density at radius 1 is 0.689 bits per heavy atom. The fourth-order valence-corrected chi connectivity index (χ4v) is 7.65. The highest BCUT2D eigenvalue weighted by atomic mass is 31.2. The van der Waals surface area contributed by atoms with Crippen LogP contribution in [0.4, 0.5) is 0 Å². The van der Waals surface area contributed by atoms with E-state index >= 15 is 0 Å². The molecule has 18 heteroatoms. The van der Waals surface area contributed by atoms with Crippen LogP contribution < -0.4 is 0 Å². The minimum absolute atomic E-state index is 0.189. The number of nitrogens with zero attached hydrogens (tertiary/aromatic N) is 5. The molecule has 1 aliphatic rings. The van der Waals surface area contributed by atoms with Gasteiger partial charge in [0.05, 0.1) is 18.0 Å². The van der Waals surface area contributed by atoms with Gasteiger partial charge in [-0.2, -0.15) is 0 Å². The first-order valence-electron chi connectivity index (χ1n) is 15.3. The molecule has 6 N–H and O–H groups in total. The number of rotatable bonds is 16. The molecule has 0 bridgehead atoms. The van der Waals surface area contributed by atoms with E-state index < -0.39 is 41.6 Å². The SMILES string of the molecule is C=Cc1cccc(COCCCCCCN2CCCN(CP(=O)(O)O)CCN(CP(=O)(O)O)CCCN(CP(=O)(O)O)CC2)n1. The van der Waals surface area contributed by atoms with Gasteiger partial charge in [-0.3, -0.25) is 33.4 Å². The molecule has 2 rings (SSSR count). The van der Waals surface area contributed by atoms with Crippen molar-refractivity contribution in [1.82, 2.24) is 24.6 Å². The van der Waals surface area contributed by atoms with E-state index in [1.165, 1.54) is 0 Å². The molecule has 0 aromatic carbocycles. The number of hydrogen-bond acceptors (Lipinski definition) is 9. The van der Waals surface area contributed by atoms with E-state index in [1.807, 2.05) is 18.2 Å². The Labute approximate surface area is 266 Å². The Morgan fingerprint density at radius 2 is 1.16 bits per heavy atom. The van der Waals surface area contributed by atoms with Gasteiger partial charge in [-0.1, -0.05) is 25.5 Å². The summed E-state index contributed by atoms with van der Waals surface area (Å²) in [7, 11) is -13.1. The monoisotopic (exact) mass is 699 g/mol. The fraction of sp³-hybridized carbons (Fsp3) is 0.741. The smallest absolute Gasteiger partial charge is 0.339 e. The van der Waals surface area contributed by atoms with Gasteiger partial charge in [-0.25, -0.2) is 0 Å². The normalized spacial score (nSPS) is 18.5. The van der Waals surface area contributed by atoms with Crippen molar-refractivity contribution in [1.29, 1.82) is 0 Å². The summed E-state index contributed by atoms with van der Waals surface area (Å²) >= 11 is 0. The van der Waals surface area contributed by atoms with Gasteiger partial charge in [0.2, 0.25) is 0 Å². The molecule has 0 spiro atoms. The summed E-state index contributed by atoms with van der Waals surface area (Å²) in [5, 5.41) is 0. The molecule has 0 aliphatic carbocycles. The number of hydrogen-bond donors (Lipinski definition) is 6. The van der Waals surface area contributed by atoms with E-state index in [2.05, 4.69) is 16.5 Å². The highest BCUT2D eigenvalue weighted by Gasteiger charge is 2.25. The first kappa shape index (κ1) is 40.3. The molecule has 0 saturated carbocycles. The van der Waals surface area contributed by atoms with Crippen LogP contribution in [0, 0.1) is 0 Å². The van der Waals surface area contributed by atoms with Crippen LogP contribution in [0.25, 0.3) is 6.08 Å². The van der Waals surface area contributed by atoms with Gasteiger partial charge >= 0.3 is 22.8 Å². The molecule has 1 aromatic heterocycles. The molecule has 0 unspecified atom stereocenters. The zero-order valence-corrected chi connectivity index (χ0v) is 28.7. The van der Waals surface area contributed by atoms with Crippen molar-refractivity contribution in [2.45, 2.75) is 45.1 Å². The molecular weight excluding hydrogens is 647 g/mol. The van der Waals surface area contributed by atoms with Crippen molar-refractivity contribution in [3.8, 4) is 0 Å². The summed E-state index contributed by atoms with van der Waals surface area (Å²) in [6, 6.07) is 5.73. The van der Waals surface area contributed by atoms with Crippen molar-refractivity contribution in [3.05, 3.63) is 36.2 Å². The second kappa shape index (κ2) is 20.5. The molecule has 260 valence electrons. The second-order valence-electron chi connectivity index (χ2n) is 11.5. The second-order valence-corrected chi connectivity index (χ2v) is 16.4. The summed E-state index contributed by atoms with van der Waals surface area (Å²) in [4.78, 5) is 69.1. The van der Waals surface area contributed by atoms with Crippen LogP contribution in [0.15, 0.2) is 24.8 Å². The summed E-state index contributed by atoms with van der Waals surface area (Å²) in [5.74, 6) is 0. The molecule has 1 aliphatic heterocycles. The van der Waals surface area contributed by atoms with Crippen molar-refractivity contribution < 1.29 is 47.8 Å². The molecule has 15 nitrogen and oxygen atoms in total. The van der Waals surface area contributed by atoms with Crippen molar-refractivity contribution in [2.75, 3.05) is 84.4 Å². The summed E-state index contributed by atoms with van der Waals surface area (Å²) in [6.07, 6.45) is 5.17. The zero-order valence-electron chi connectivity index (χ0n) is 26.1. The van der Waals surface area contributed by atoms with Gasteiger partial charge in [0.25, 0.3) is 0 Å². The quantitative estimate of drug-likeness (QED) is 0.108. The van der Waals surface area contributed by atoms with E-state index in [0.29, 0.717) is 58.8 Å². The van der Waals surface area contributed by atoms with Gasteiger partial charge < -0.3 is 39.0 Å². The minimum Gasteiger partial charge on any atom is -0.375 e. The Hall–Kier alpha value is -0.860. The third-order valence-corrected chi connectivity index (χ3v) is 9.62. The van der Waals surface area contributed by atoms with Crippen molar-refractivity contribution in [2.24, 2.45) is 0 Å². The lowest BCUT2D eigenvalue weighted by molar-refractivity contribution is 0.114. The lowest BCUT2D eigenvalue weighted by Gasteiger charge is -2.32. The van der Waals surface area contributed by atoms with Crippen LogP contribution in [0.1, 0.15) is 49.9 Å². The highest BCUT2D eigenvalue weighted by Crippen LogP contribution is 2.37.